The van der Waals surface area contributed by atoms with E-state index in [4.69, 9.17) is 0 Å². The molecule has 0 unspecified atom stereocenters. The fourth-order valence-electron chi connectivity index (χ4n) is 1.29. The maximum Gasteiger partial charge on any atom is 0.330 e. The van der Waals surface area contributed by atoms with Crippen LogP contribution in [0.3, 0.4) is 0 Å². The monoisotopic (exact) mass is 234 g/mol. The molecule has 1 heterocycles. The second kappa shape index (κ2) is 3.99. The summed E-state index contributed by atoms with van der Waals surface area (Å²) in [6.07, 6.45) is -2.58. The lowest BCUT2D eigenvalue weighted by molar-refractivity contribution is 0.409. The largest absolute Gasteiger partial charge is 0.330 e. The van der Waals surface area contributed by atoms with Crippen molar-refractivity contribution in [2.45, 2.75) is 6.92 Å². The van der Waals surface area contributed by atoms with Gasteiger partial charge in [0, 0.05) is 19.8 Å². The minimum Gasteiger partial charge on any atom is -0.300 e. The molecular weight excluding hydrogens is 225 g/mol. The predicted molar refractivity (Wildman–Crippen MR) is 51.9 cm³/mol. The van der Waals surface area contributed by atoms with Crippen LogP contribution in [-0.2, 0) is 14.1 Å². The molecule has 0 aromatic carbocycles. The van der Waals surface area contributed by atoms with Gasteiger partial charge in [0.05, 0.1) is 0 Å². The SMILES string of the molecule is Cc1c(C(F)=C(F)F)c(=O)n(C)c(=O)n1C. The van der Waals surface area contributed by atoms with Crippen molar-refractivity contribution in [2.75, 3.05) is 0 Å². The van der Waals surface area contributed by atoms with Gasteiger partial charge >= 0.3 is 11.8 Å². The molecule has 88 valence electrons. The molecule has 0 fully saturated rings. The van der Waals surface area contributed by atoms with Crippen LogP contribution in [0.1, 0.15) is 11.3 Å². The highest BCUT2D eigenvalue weighted by Crippen LogP contribution is 2.20. The molecule has 1 rings (SSSR count). The molecule has 0 spiro atoms. The first-order valence-electron chi connectivity index (χ1n) is 4.26. The topological polar surface area (TPSA) is 44.0 Å². The number of nitrogens with zero attached hydrogens (tertiary/aromatic N) is 2. The van der Waals surface area contributed by atoms with Crippen molar-refractivity contribution < 1.29 is 13.2 Å². The lowest BCUT2D eigenvalue weighted by atomic mass is 10.2. The van der Waals surface area contributed by atoms with E-state index in [0.717, 1.165) is 11.6 Å². The highest BCUT2D eigenvalue weighted by Gasteiger charge is 2.19. The maximum atomic E-state index is 13.1. The Morgan fingerprint density at radius 2 is 1.56 bits per heavy atom. The Hall–Kier alpha value is -1.79. The summed E-state index contributed by atoms with van der Waals surface area (Å²) in [6, 6.07) is 0. The van der Waals surface area contributed by atoms with E-state index < -0.39 is 28.7 Å². The van der Waals surface area contributed by atoms with E-state index in [1.54, 1.807) is 0 Å². The minimum atomic E-state index is -2.58. The Kier molecular flexibility index (Phi) is 3.06. The summed E-state index contributed by atoms with van der Waals surface area (Å²) in [4.78, 5) is 22.8. The van der Waals surface area contributed by atoms with E-state index in [-0.39, 0.29) is 5.69 Å². The van der Waals surface area contributed by atoms with E-state index in [9.17, 15) is 22.8 Å². The molecule has 0 atom stereocenters. The molecule has 7 heteroatoms. The highest BCUT2D eigenvalue weighted by molar-refractivity contribution is 5.60. The van der Waals surface area contributed by atoms with Crippen molar-refractivity contribution in [1.82, 2.24) is 9.13 Å². The average molecular weight is 234 g/mol. The Bertz CT molecular complexity index is 580. The second-order valence-electron chi connectivity index (χ2n) is 3.24. The Balaban J connectivity index is 3.87. The van der Waals surface area contributed by atoms with Gasteiger partial charge in [0.25, 0.3) is 5.56 Å². The van der Waals surface area contributed by atoms with Crippen LogP contribution in [0.4, 0.5) is 13.2 Å². The van der Waals surface area contributed by atoms with Crippen molar-refractivity contribution in [3.63, 3.8) is 0 Å². The van der Waals surface area contributed by atoms with Gasteiger partial charge in [-0.3, -0.25) is 9.36 Å². The molecule has 0 aliphatic heterocycles. The Morgan fingerprint density at radius 3 is 2.00 bits per heavy atom. The first-order valence-corrected chi connectivity index (χ1v) is 4.26. The lowest BCUT2D eigenvalue weighted by Crippen LogP contribution is -2.40. The lowest BCUT2D eigenvalue weighted by Gasteiger charge is -2.09. The molecule has 0 amide bonds. The van der Waals surface area contributed by atoms with Crippen LogP contribution in [0.15, 0.2) is 15.7 Å². The summed E-state index contributed by atoms with van der Waals surface area (Å²) in [5, 5.41) is 0. The molecule has 4 nitrogen and oxygen atoms in total. The molecular formula is C9H9F3N2O2. The van der Waals surface area contributed by atoms with Crippen LogP contribution in [0.25, 0.3) is 5.83 Å². The van der Waals surface area contributed by atoms with Crippen molar-refractivity contribution in [3.05, 3.63) is 38.2 Å². The van der Waals surface area contributed by atoms with Gasteiger partial charge in [0.1, 0.15) is 5.56 Å². The third-order valence-corrected chi connectivity index (χ3v) is 2.34. The van der Waals surface area contributed by atoms with Crippen molar-refractivity contribution in [1.29, 1.82) is 0 Å². The molecule has 0 saturated heterocycles. The summed E-state index contributed by atoms with van der Waals surface area (Å²) >= 11 is 0. The number of rotatable bonds is 1. The number of hydrogen-bond donors (Lipinski definition) is 0. The smallest absolute Gasteiger partial charge is 0.300 e. The molecule has 0 radical (unpaired) electrons. The van der Waals surface area contributed by atoms with Gasteiger partial charge in [-0.05, 0) is 6.92 Å². The normalized spacial score (nSPS) is 10.4. The van der Waals surface area contributed by atoms with Crippen LogP contribution >= 0.6 is 0 Å². The van der Waals surface area contributed by atoms with Crippen molar-refractivity contribution >= 4 is 5.83 Å². The predicted octanol–water partition coefficient (Wildman–Crippen LogP) is 0.927. The zero-order valence-corrected chi connectivity index (χ0v) is 8.84. The van der Waals surface area contributed by atoms with Gasteiger partial charge in [-0.25, -0.2) is 9.18 Å². The Labute approximate surface area is 88.2 Å². The number of halogens is 3. The molecule has 1 aromatic heterocycles. The van der Waals surface area contributed by atoms with E-state index in [1.807, 2.05) is 0 Å². The summed E-state index contributed by atoms with van der Waals surface area (Å²) in [5.41, 5.74) is -2.70. The molecule has 0 aliphatic carbocycles. The van der Waals surface area contributed by atoms with Gasteiger partial charge in [0.15, 0.2) is 0 Å². The molecule has 0 saturated carbocycles. The average Bonchev–Trinajstić information content (AvgIpc) is 2.23. The van der Waals surface area contributed by atoms with Crippen LogP contribution in [0, 0.1) is 6.92 Å². The van der Waals surface area contributed by atoms with Crippen LogP contribution in [0.2, 0.25) is 0 Å². The van der Waals surface area contributed by atoms with Crippen LogP contribution in [0.5, 0.6) is 0 Å². The molecule has 0 bridgehead atoms. The first-order chi connectivity index (χ1) is 7.29. The number of hydrogen-bond acceptors (Lipinski definition) is 2. The first kappa shape index (κ1) is 12.3. The molecule has 16 heavy (non-hydrogen) atoms. The summed E-state index contributed by atoms with van der Waals surface area (Å²) in [7, 11) is 2.36. The van der Waals surface area contributed by atoms with Gasteiger partial charge in [-0.1, -0.05) is 0 Å². The van der Waals surface area contributed by atoms with Gasteiger partial charge in [0.2, 0.25) is 5.83 Å². The van der Waals surface area contributed by atoms with E-state index in [1.165, 1.54) is 14.0 Å². The quantitative estimate of drug-likeness (QED) is 0.725. The fraction of sp³-hybridized carbons (Fsp3) is 0.333. The van der Waals surface area contributed by atoms with E-state index in [0.29, 0.717) is 4.57 Å². The van der Waals surface area contributed by atoms with E-state index >= 15 is 0 Å². The second-order valence-corrected chi connectivity index (χ2v) is 3.24. The fourth-order valence-corrected chi connectivity index (χ4v) is 1.29. The van der Waals surface area contributed by atoms with Crippen LogP contribution < -0.4 is 11.2 Å². The summed E-state index contributed by atoms with van der Waals surface area (Å²) < 4.78 is 38.8. The van der Waals surface area contributed by atoms with Crippen LogP contribution in [-0.4, -0.2) is 9.13 Å². The third kappa shape index (κ3) is 1.68. The number of aromatic nitrogens is 2. The zero-order chi connectivity index (χ0) is 12.6. The highest BCUT2D eigenvalue weighted by atomic mass is 19.3. The van der Waals surface area contributed by atoms with Gasteiger partial charge < -0.3 is 4.57 Å². The Morgan fingerprint density at radius 1 is 1.06 bits per heavy atom. The third-order valence-electron chi connectivity index (χ3n) is 2.34. The van der Waals surface area contributed by atoms with E-state index in [2.05, 4.69) is 0 Å². The zero-order valence-electron chi connectivity index (χ0n) is 8.84. The van der Waals surface area contributed by atoms with Gasteiger partial charge in [-0.15, -0.1) is 0 Å². The molecule has 1 aromatic rings. The van der Waals surface area contributed by atoms with Gasteiger partial charge in [-0.2, -0.15) is 8.78 Å². The molecule has 0 N–H and O–H groups in total. The maximum absolute atomic E-state index is 13.1. The summed E-state index contributed by atoms with van der Waals surface area (Å²) in [5.74, 6) is -1.89. The standard InChI is InChI=1S/C9H9F3N2O2/c1-4-5(6(10)7(11)12)8(15)14(3)9(16)13(4)2/h1-3H3. The summed E-state index contributed by atoms with van der Waals surface area (Å²) in [6.45, 7) is 1.22. The minimum absolute atomic E-state index is 0.140. The molecule has 0 aliphatic rings. The van der Waals surface area contributed by atoms with Crippen molar-refractivity contribution in [2.24, 2.45) is 14.1 Å². The van der Waals surface area contributed by atoms with Crippen molar-refractivity contribution in [3.8, 4) is 0 Å².